The van der Waals surface area contributed by atoms with Crippen molar-refractivity contribution in [3.63, 3.8) is 0 Å². The Bertz CT molecular complexity index is 158. The maximum absolute atomic E-state index is 11.5. The van der Waals surface area contributed by atoms with Gasteiger partial charge in [0.05, 0.1) is 5.25 Å². The quantitative estimate of drug-likeness (QED) is 0.648. The Kier molecular flexibility index (Phi) is 14.1. The van der Waals surface area contributed by atoms with Crippen molar-refractivity contribution in [1.29, 1.82) is 0 Å². The van der Waals surface area contributed by atoms with Gasteiger partial charge in [-0.25, -0.2) is 0 Å². The molecule has 0 aromatic rings. The lowest BCUT2D eigenvalue weighted by atomic mass is 10.4. The van der Waals surface area contributed by atoms with Gasteiger partial charge < -0.3 is 10.6 Å². The van der Waals surface area contributed by atoms with E-state index in [1.54, 1.807) is 11.8 Å². The molecule has 15 heavy (non-hydrogen) atoms. The molecule has 0 saturated carbocycles. The molecule has 92 valence electrons. The maximum Gasteiger partial charge on any atom is 0.232 e. The minimum atomic E-state index is 0. The number of nitrogens with one attached hydrogen (secondary N) is 2. The predicted molar refractivity (Wildman–Crippen MR) is 71.0 cm³/mol. The van der Waals surface area contributed by atoms with Crippen molar-refractivity contribution in [3.05, 3.63) is 0 Å². The largest absolute Gasteiger partial charge is 0.354 e. The van der Waals surface area contributed by atoms with Crippen molar-refractivity contribution in [2.45, 2.75) is 31.9 Å². The highest BCUT2D eigenvalue weighted by Gasteiger charge is 2.11. The molecule has 1 amide bonds. The first kappa shape index (κ1) is 17.5. The normalized spacial score (nSPS) is 11.7. The molecule has 0 radical (unpaired) electrons. The number of thioether (sulfide) groups is 1. The number of likely N-dealkylation sites (N-methyl/N-ethyl adjacent to an activating group) is 1. The zero-order chi connectivity index (χ0) is 10.8. The van der Waals surface area contributed by atoms with Crippen LogP contribution >= 0.6 is 24.2 Å². The second kappa shape index (κ2) is 12.1. The van der Waals surface area contributed by atoms with Gasteiger partial charge >= 0.3 is 0 Å². The second-order valence-electron chi connectivity index (χ2n) is 3.26. The number of carbonyl (C=O) groups is 1. The van der Waals surface area contributed by atoms with Crippen LogP contribution in [0, 0.1) is 0 Å². The van der Waals surface area contributed by atoms with Crippen LogP contribution in [0.15, 0.2) is 0 Å². The first-order valence-corrected chi connectivity index (χ1v) is 6.31. The first-order chi connectivity index (χ1) is 6.72. The van der Waals surface area contributed by atoms with Crippen LogP contribution in [0.5, 0.6) is 0 Å². The topological polar surface area (TPSA) is 41.1 Å². The number of unbranched alkanes of at least 4 members (excludes halogenated alkanes) is 1. The fraction of sp³-hybridized carbons (Fsp3) is 0.900. The monoisotopic (exact) mass is 254 g/mol. The van der Waals surface area contributed by atoms with E-state index < -0.39 is 0 Å². The smallest absolute Gasteiger partial charge is 0.232 e. The summed E-state index contributed by atoms with van der Waals surface area (Å²) in [5.74, 6) is 1.23. The average molecular weight is 255 g/mol. The zero-order valence-electron chi connectivity index (χ0n) is 9.84. The van der Waals surface area contributed by atoms with E-state index in [4.69, 9.17) is 0 Å². The van der Waals surface area contributed by atoms with Crippen LogP contribution < -0.4 is 10.6 Å². The molecule has 0 aliphatic rings. The minimum absolute atomic E-state index is 0. The summed E-state index contributed by atoms with van der Waals surface area (Å²) in [5, 5.41) is 5.96. The fourth-order valence-electron chi connectivity index (χ4n) is 0.935. The van der Waals surface area contributed by atoms with Gasteiger partial charge in [-0.3, -0.25) is 4.79 Å². The van der Waals surface area contributed by atoms with Crippen LogP contribution in [-0.4, -0.2) is 37.0 Å². The summed E-state index contributed by atoms with van der Waals surface area (Å²) in [6, 6.07) is 0. The lowest BCUT2D eigenvalue weighted by molar-refractivity contribution is -0.120. The van der Waals surface area contributed by atoms with E-state index >= 15 is 0 Å². The molecule has 0 bridgehead atoms. The molecule has 0 aliphatic carbocycles. The maximum atomic E-state index is 11.5. The summed E-state index contributed by atoms with van der Waals surface area (Å²) in [6.45, 7) is 5.68. The molecule has 1 unspecified atom stereocenters. The van der Waals surface area contributed by atoms with E-state index in [1.807, 2.05) is 14.0 Å². The summed E-state index contributed by atoms with van der Waals surface area (Å²) in [7, 11) is 1.88. The van der Waals surface area contributed by atoms with Gasteiger partial charge in [0.15, 0.2) is 0 Å². The predicted octanol–water partition coefficient (Wildman–Crippen LogP) is 1.67. The van der Waals surface area contributed by atoms with Crippen LogP contribution in [0.4, 0.5) is 0 Å². The van der Waals surface area contributed by atoms with Gasteiger partial charge in [0, 0.05) is 13.1 Å². The highest BCUT2D eigenvalue weighted by molar-refractivity contribution is 8.00. The van der Waals surface area contributed by atoms with E-state index in [1.165, 1.54) is 12.8 Å². The van der Waals surface area contributed by atoms with Crippen LogP contribution in [0.25, 0.3) is 0 Å². The number of rotatable bonds is 8. The number of halogens is 1. The van der Waals surface area contributed by atoms with E-state index in [9.17, 15) is 4.79 Å². The number of amides is 1. The Hall–Kier alpha value is 0.0700. The van der Waals surface area contributed by atoms with Gasteiger partial charge in [0.25, 0.3) is 0 Å². The molecule has 3 nitrogen and oxygen atoms in total. The molecule has 5 heteroatoms. The van der Waals surface area contributed by atoms with Crippen molar-refractivity contribution in [3.8, 4) is 0 Å². The third-order valence-corrected chi connectivity index (χ3v) is 3.15. The molecule has 0 aromatic heterocycles. The van der Waals surface area contributed by atoms with Crippen LogP contribution in [0.3, 0.4) is 0 Å². The lowest BCUT2D eigenvalue weighted by Crippen LogP contribution is -2.35. The van der Waals surface area contributed by atoms with Gasteiger partial charge in [-0.2, -0.15) is 0 Å². The molecular formula is C10H23ClN2OS. The first-order valence-electron chi connectivity index (χ1n) is 5.26. The van der Waals surface area contributed by atoms with Gasteiger partial charge in [-0.05, 0) is 26.1 Å². The Morgan fingerprint density at radius 1 is 1.40 bits per heavy atom. The summed E-state index contributed by atoms with van der Waals surface area (Å²) < 4.78 is 0. The van der Waals surface area contributed by atoms with E-state index in [-0.39, 0.29) is 23.6 Å². The third-order valence-electron chi connectivity index (χ3n) is 1.91. The molecule has 0 heterocycles. The molecule has 0 saturated heterocycles. The Morgan fingerprint density at radius 3 is 2.60 bits per heavy atom. The molecule has 0 rings (SSSR count). The molecule has 0 fully saturated rings. The van der Waals surface area contributed by atoms with Gasteiger partial charge in [-0.15, -0.1) is 24.2 Å². The molecular weight excluding hydrogens is 232 g/mol. The van der Waals surface area contributed by atoms with Crippen molar-refractivity contribution < 1.29 is 4.79 Å². The lowest BCUT2D eigenvalue weighted by Gasteiger charge is -2.11. The Balaban J connectivity index is 0. The molecule has 1 atom stereocenters. The van der Waals surface area contributed by atoms with E-state index in [0.717, 1.165) is 12.3 Å². The van der Waals surface area contributed by atoms with Crippen molar-refractivity contribution in [2.24, 2.45) is 0 Å². The molecule has 0 aromatic carbocycles. The number of hydrogen-bond donors (Lipinski definition) is 2. The van der Waals surface area contributed by atoms with E-state index in [2.05, 4.69) is 17.6 Å². The van der Waals surface area contributed by atoms with E-state index in [0.29, 0.717) is 6.54 Å². The molecule has 0 aliphatic heterocycles. The summed E-state index contributed by atoms with van der Waals surface area (Å²) in [5.41, 5.74) is 0. The fourth-order valence-corrected chi connectivity index (χ4v) is 1.98. The third kappa shape index (κ3) is 10.4. The summed E-state index contributed by atoms with van der Waals surface area (Å²) in [4.78, 5) is 11.5. The van der Waals surface area contributed by atoms with Gasteiger partial charge in [0.1, 0.15) is 0 Å². The van der Waals surface area contributed by atoms with Crippen molar-refractivity contribution in [1.82, 2.24) is 10.6 Å². The van der Waals surface area contributed by atoms with Crippen LogP contribution in [-0.2, 0) is 4.79 Å². The highest BCUT2D eigenvalue weighted by Crippen LogP contribution is 2.12. The molecule has 0 spiro atoms. The van der Waals surface area contributed by atoms with Gasteiger partial charge in [-0.1, -0.05) is 13.3 Å². The second-order valence-corrected chi connectivity index (χ2v) is 4.71. The SMILES string of the molecule is CCCCSC(C)C(=O)NCCNC.Cl. The highest BCUT2D eigenvalue weighted by atomic mass is 35.5. The van der Waals surface area contributed by atoms with Crippen molar-refractivity contribution >= 4 is 30.1 Å². The average Bonchev–Trinajstić information content (AvgIpc) is 2.18. The summed E-state index contributed by atoms with van der Waals surface area (Å²) >= 11 is 1.73. The van der Waals surface area contributed by atoms with Gasteiger partial charge in [0.2, 0.25) is 5.91 Å². The number of hydrogen-bond acceptors (Lipinski definition) is 3. The van der Waals surface area contributed by atoms with Crippen LogP contribution in [0.2, 0.25) is 0 Å². The molecule has 2 N–H and O–H groups in total. The van der Waals surface area contributed by atoms with Crippen molar-refractivity contribution in [2.75, 3.05) is 25.9 Å². The van der Waals surface area contributed by atoms with Crippen LogP contribution in [0.1, 0.15) is 26.7 Å². The standard InChI is InChI=1S/C10H22N2OS.ClH/c1-4-5-8-14-9(2)10(13)12-7-6-11-3;/h9,11H,4-8H2,1-3H3,(H,12,13);1H. The minimum Gasteiger partial charge on any atom is -0.354 e. The Morgan fingerprint density at radius 2 is 2.07 bits per heavy atom. The summed E-state index contributed by atoms with van der Waals surface area (Å²) in [6.07, 6.45) is 2.39. The Labute approximate surface area is 104 Å². The number of carbonyl (C=O) groups excluding carboxylic acids is 1. The zero-order valence-corrected chi connectivity index (χ0v) is 11.5.